The summed E-state index contributed by atoms with van der Waals surface area (Å²) in [4.78, 5) is 8.97. The summed E-state index contributed by atoms with van der Waals surface area (Å²) in [7, 11) is 1.65. The van der Waals surface area contributed by atoms with Crippen molar-refractivity contribution < 1.29 is 4.74 Å². The van der Waals surface area contributed by atoms with Crippen LogP contribution in [0.25, 0.3) is 0 Å². The maximum absolute atomic E-state index is 5.25. The summed E-state index contributed by atoms with van der Waals surface area (Å²) in [5, 5.41) is 0. The average molecular weight is 271 g/mol. The first-order valence-corrected chi connectivity index (χ1v) is 6.15. The number of hydrogen-bond donors (Lipinski definition) is 0. The topological polar surface area (TPSA) is 35.0 Å². The molecular formula is C11H15BrN2O. The number of aryl methyl sites for hydroxylation is 1. The second-order valence-electron chi connectivity index (χ2n) is 3.87. The van der Waals surface area contributed by atoms with E-state index in [9.17, 15) is 0 Å². The van der Waals surface area contributed by atoms with E-state index in [4.69, 9.17) is 4.74 Å². The fourth-order valence-electron chi connectivity index (χ4n) is 1.59. The highest BCUT2D eigenvalue weighted by atomic mass is 79.9. The quantitative estimate of drug-likeness (QED) is 0.844. The molecule has 0 bridgehead atoms. The van der Waals surface area contributed by atoms with Gasteiger partial charge in [0.2, 0.25) is 5.88 Å². The molecule has 1 saturated carbocycles. The average Bonchev–Trinajstić information content (AvgIpc) is 3.04. The molecule has 0 amide bonds. The van der Waals surface area contributed by atoms with Crippen LogP contribution in [0.4, 0.5) is 0 Å². The maximum Gasteiger partial charge on any atom is 0.231 e. The molecule has 15 heavy (non-hydrogen) atoms. The molecule has 0 aliphatic heterocycles. The summed E-state index contributed by atoms with van der Waals surface area (Å²) in [6.45, 7) is 2.13. The molecule has 3 nitrogen and oxygen atoms in total. The van der Waals surface area contributed by atoms with E-state index in [0.29, 0.717) is 11.8 Å². The van der Waals surface area contributed by atoms with Gasteiger partial charge in [-0.3, -0.25) is 0 Å². The summed E-state index contributed by atoms with van der Waals surface area (Å²) in [5.74, 6) is 2.20. The minimum atomic E-state index is 0.617. The molecule has 0 radical (unpaired) electrons. The van der Waals surface area contributed by atoms with Crippen LogP contribution in [0.5, 0.6) is 5.88 Å². The molecule has 1 aromatic heterocycles. The van der Waals surface area contributed by atoms with Crippen LogP contribution >= 0.6 is 15.9 Å². The second kappa shape index (κ2) is 4.47. The van der Waals surface area contributed by atoms with Gasteiger partial charge in [0.1, 0.15) is 10.3 Å². The second-order valence-corrected chi connectivity index (χ2v) is 4.67. The summed E-state index contributed by atoms with van der Waals surface area (Å²) >= 11 is 3.52. The first-order chi connectivity index (χ1) is 7.26. The maximum atomic E-state index is 5.25. The molecule has 0 saturated heterocycles. The van der Waals surface area contributed by atoms with Gasteiger partial charge in [-0.1, -0.05) is 6.92 Å². The molecule has 1 aliphatic carbocycles. The van der Waals surface area contributed by atoms with E-state index in [1.54, 1.807) is 7.11 Å². The van der Waals surface area contributed by atoms with Crippen molar-refractivity contribution in [2.75, 3.05) is 7.11 Å². The van der Waals surface area contributed by atoms with E-state index >= 15 is 0 Å². The molecular weight excluding hydrogens is 256 g/mol. The number of methoxy groups -OCH3 is 1. The van der Waals surface area contributed by atoms with Gasteiger partial charge < -0.3 is 4.74 Å². The Balaban J connectivity index is 2.38. The van der Waals surface area contributed by atoms with E-state index in [0.717, 1.165) is 28.8 Å². The van der Waals surface area contributed by atoms with Crippen LogP contribution in [0.2, 0.25) is 0 Å². The summed E-state index contributed by atoms with van der Waals surface area (Å²) in [6.07, 6.45) is 4.47. The summed E-state index contributed by atoms with van der Waals surface area (Å²) in [6, 6.07) is 0. The van der Waals surface area contributed by atoms with E-state index in [2.05, 4.69) is 32.8 Å². The molecule has 82 valence electrons. The van der Waals surface area contributed by atoms with Gasteiger partial charge in [0.05, 0.1) is 12.8 Å². The lowest BCUT2D eigenvalue weighted by atomic mass is 10.2. The Hall–Kier alpha value is -0.640. The standard InChI is InChI=1S/C11H15BrN2O/c1-3-4-8-13-10(7-5-6-7)9(12)11(14-8)15-2/h7H,3-6H2,1-2H3. The van der Waals surface area contributed by atoms with Gasteiger partial charge in [0.25, 0.3) is 0 Å². The van der Waals surface area contributed by atoms with Crippen LogP contribution < -0.4 is 4.74 Å². The lowest BCUT2D eigenvalue weighted by Crippen LogP contribution is -2.03. The van der Waals surface area contributed by atoms with Gasteiger partial charge in [-0.15, -0.1) is 0 Å². The molecule has 0 N–H and O–H groups in total. The van der Waals surface area contributed by atoms with Gasteiger partial charge >= 0.3 is 0 Å². The van der Waals surface area contributed by atoms with Gasteiger partial charge in [0.15, 0.2) is 0 Å². The third-order valence-corrected chi connectivity index (χ3v) is 3.27. The summed E-state index contributed by atoms with van der Waals surface area (Å²) < 4.78 is 6.19. The SMILES string of the molecule is CCCc1nc(OC)c(Br)c(C2CC2)n1. The number of ether oxygens (including phenoxy) is 1. The van der Waals surface area contributed by atoms with E-state index in [1.165, 1.54) is 12.8 Å². The number of rotatable bonds is 4. The Morgan fingerprint density at radius 3 is 2.67 bits per heavy atom. The molecule has 0 atom stereocenters. The number of halogens is 1. The van der Waals surface area contributed by atoms with Crippen molar-refractivity contribution >= 4 is 15.9 Å². The third kappa shape index (κ3) is 2.30. The third-order valence-electron chi connectivity index (χ3n) is 2.52. The number of aromatic nitrogens is 2. The Morgan fingerprint density at radius 1 is 1.40 bits per heavy atom. The molecule has 0 unspecified atom stereocenters. The Labute approximate surface area is 98.4 Å². The minimum absolute atomic E-state index is 0.617. The minimum Gasteiger partial charge on any atom is -0.480 e. The van der Waals surface area contributed by atoms with Crippen LogP contribution in [0.1, 0.15) is 43.6 Å². The van der Waals surface area contributed by atoms with Crippen molar-refractivity contribution in [1.29, 1.82) is 0 Å². The number of hydrogen-bond acceptors (Lipinski definition) is 3. The van der Waals surface area contributed by atoms with Crippen molar-refractivity contribution in [3.63, 3.8) is 0 Å². The smallest absolute Gasteiger partial charge is 0.231 e. The lowest BCUT2D eigenvalue weighted by molar-refractivity contribution is 0.390. The zero-order valence-corrected chi connectivity index (χ0v) is 10.7. The highest BCUT2D eigenvalue weighted by Gasteiger charge is 2.29. The van der Waals surface area contributed by atoms with Crippen molar-refractivity contribution in [3.05, 3.63) is 16.0 Å². The molecule has 0 aromatic carbocycles. The lowest BCUT2D eigenvalue weighted by Gasteiger charge is -2.09. The van der Waals surface area contributed by atoms with E-state index in [1.807, 2.05) is 0 Å². The molecule has 0 spiro atoms. The van der Waals surface area contributed by atoms with Crippen LogP contribution in [0, 0.1) is 0 Å². The molecule has 4 heteroatoms. The van der Waals surface area contributed by atoms with Crippen LogP contribution in [-0.4, -0.2) is 17.1 Å². The molecule has 1 aliphatic rings. The van der Waals surface area contributed by atoms with Crippen molar-refractivity contribution in [3.8, 4) is 5.88 Å². The van der Waals surface area contributed by atoms with Gasteiger partial charge in [-0.05, 0) is 35.2 Å². The zero-order valence-electron chi connectivity index (χ0n) is 9.09. The summed E-state index contributed by atoms with van der Waals surface area (Å²) in [5.41, 5.74) is 1.13. The Morgan fingerprint density at radius 2 is 2.13 bits per heavy atom. The molecule has 1 fully saturated rings. The fraction of sp³-hybridized carbons (Fsp3) is 0.636. The molecule has 1 heterocycles. The van der Waals surface area contributed by atoms with E-state index in [-0.39, 0.29) is 0 Å². The van der Waals surface area contributed by atoms with Crippen molar-refractivity contribution in [1.82, 2.24) is 9.97 Å². The highest BCUT2D eigenvalue weighted by Crippen LogP contribution is 2.44. The van der Waals surface area contributed by atoms with Crippen LogP contribution in [0.15, 0.2) is 4.47 Å². The van der Waals surface area contributed by atoms with E-state index < -0.39 is 0 Å². The fourth-order valence-corrected chi connectivity index (χ4v) is 2.25. The molecule has 1 aromatic rings. The van der Waals surface area contributed by atoms with Gasteiger partial charge in [-0.2, -0.15) is 4.98 Å². The van der Waals surface area contributed by atoms with Crippen molar-refractivity contribution in [2.45, 2.75) is 38.5 Å². The predicted molar refractivity (Wildman–Crippen MR) is 62.3 cm³/mol. The van der Waals surface area contributed by atoms with Gasteiger partial charge in [0, 0.05) is 12.3 Å². The zero-order chi connectivity index (χ0) is 10.8. The largest absolute Gasteiger partial charge is 0.480 e. The Bertz CT molecular complexity index is 364. The first-order valence-electron chi connectivity index (χ1n) is 5.36. The van der Waals surface area contributed by atoms with Crippen LogP contribution in [0.3, 0.4) is 0 Å². The number of nitrogens with zero attached hydrogens (tertiary/aromatic N) is 2. The van der Waals surface area contributed by atoms with Gasteiger partial charge in [-0.25, -0.2) is 4.98 Å². The molecule has 2 rings (SSSR count). The monoisotopic (exact) mass is 270 g/mol. The van der Waals surface area contributed by atoms with Crippen LogP contribution in [-0.2, 0) is 6.42 Å². The first kappa shape index (κ1) is 10.9. The highest BCUT2D eigenvalue weighted by molar-refractivity contribution is 9.10. The predicted octanol–water partition coefficient (Wildman–Crippen LogP) is 3.08. The van der Waals surface area contributed by atoms with Crippen molar-refractivity contribution in [2.24, 2.45) is 0 Å². The Kier molecular flexibility index (Phi) is 3.24. The normalized spacial score (nSPS) is 15.4.